The van der Waals surface area contributed by atoms with E-state index in [0.29, 0.717) is 18.7 Å². The fraction of sp³-hybridized carbons (Fsp3) is 0.345. The first-order chi connectivity index (χ1) is 18.0. The van der Waals surface area contributed by atoms with Crippen LogP contribution in [-0.2, 0) is 16.0 Å². The van der Waals surface area contributed by atoms with Gasteiger partial charge >= 0.3 is 5.97 Å². The van der Waals surface area contributed by atoms with Gasteiger partial charge in [-0.1, -0.05) is 60.7 Å². The molecule has 194 valence electrons. The number of benzene rings is 2. The Kier molecular flexibility index (Phi) is 9.21. The van der Waals surface area contributed by atoms with Gasteiger partial charge in [-0.05, 0) is 42.5 Å². The van der Waals surface area contributed by atoms with Gasteiger partial charge in [-0.2, -0.15) is 0 Å². The first kappa shape index (κ1) is 26.3. The van der Waals surface area contributed by atoms with Crippen molar-refractivity contribution in [2.45, 2.75) is 37.8 Å². The number of amides is 1. The van der Waals surface area contributed by atoms with Crippen molar-refractivity contribution in [3.63, 3.8) is 0 Å². The number of carbonyl (C=O) groups excluding carboxylic acids is 1. The van der Waals surface area contributed by atoms with Crippen molar-refractivity contribution in [3.8, 4) is 0 Å². The first-order valence-electron chi connectivity index (χ1n) is 12.7. The molecule has 2 unspecified atom stereocenters. The Morgan fingerprint density at radius 1 is 1.16 bits per heavy atom. The van der Waals surface area contributed by atoms with Crippen LogP contribution < -0.4 is 10.6 Å². The molecule has 2 aliphatic heterocycles. The molecule has 37 heavy (non-hydrogen) atoms. The van der Waals surface area contributed by atoms with Gasteiger partial charge in [-0.25, -0.2) is 4.39 Å². The highest BCUT2D eigenvalue weighted by Crippen LogP contribution is 2.19. The molecule has 2 aromatic rings. The molecular formula is C29H33FN4O3. The van der Waals surface area contributed by atoms with Crippen LogP contribution >= 0.6 is 0 Å². The predicted molar refractivity (Wildman–Crippen MR) is 142 cm³/mol. The lowest BCUT2D eigenvalue weighted by Gasteiger charge is -2.28. The summed E-state index contributed by atoms with van der Waals surface area (Å²) in [5.74, 6) is -0.901. The number of rotatable bonds is 12. The third kappa shape index (κ3) is 8.11. The quantitative estimate of drug-likeness (QED) is 0.410. The smallest absolute Gasteiger partial charge is 0.305 e. The van der Waals surface area contributed by atoms with Crippen LogP contribution in [0.15, 0.2) is 83.4 Å². The summed E-state index contributed by atoms with van der Waals surface area (Å²) in [7, 11) is 0. The molecule has 0 spiro atoms. The van der Waals surface area contributed by atoms with Gasteiger partial charge in [0.05, 0.1) is 19.0 Å². The highest BCUT2D eigenvalue weighted by molar-refractivity contribution is 6.02. The third-order valence-electron chi connectivity index (χ3n) is 6.51. The van der Waals surface area contributed by atoms with Gasteiger partial charge < -0.3 is 15.7 Å². The average molecular weight is 505 g/mol. The van der Waals surface area contributed by atoms with Gasteiger partial charge in [0.15, 0.2) is 0 Å². The highest BCUT2D eigenvalue weighted by atomic mass is 19.1. The van der Waals surface area contributed by atoms with Crippen LogP contribution in [0.1, 0.15) is 36.4 Å². The zero-order valence-electron chi connectivity index (χ0n) is 20.8. The molecule has 0 saturated heterocycles. The third-order valence-corrected chi connectivity index (χ3v) is 6.51. The van der Waals surface area contributed by atoms with Crippen molar-refractivity contribution in [2.75, 3.05) is 26.2 Å². The fourth-order valence-electron chi connectivity index (χ4n) is 4.59. The number of fused-ring (bicyclic) bond motifs is 1. The van der Waals surface area contributed by atoms with Crippen LogP contribution in [0.2, 0.25) is 0 Å². The molecule has 1 amide bonds. The van der Waals surface area contributed by atoms with Crippen LogP contribution in [0, 0.1) is 5.82 Å². The first-order valence-corrected chi connectivity index (χ1v) is 12.7. The van der Waals surface area contributed by atoms with Gasteiger partial charge in [0.25, 0.3) is 0 Å². The summed E-state index contributed by atoms with van der Waals surface area (Å²) < 4.78 is 13.8. The Hall–Kier alpha value is -3.78. The molecule has 7 nitrogen and oxygen atoms in total. The van der Waals surface area contributed by atoms with Gasteiger partial charge in [0.1, 0.15) is 11.7 Å². The summed E-state index contributed by atoms with van der Waals surface area (Å²) in [6.07, 6.45) is 8.63. The number of nitrogens with one attached hydrogen (secondary N) is 2. The van der Waals surface area contributed by atoms with Gasteiger partial charge in [0, 0.05) is 31.2 Å². The Bertz CT molecular complexity index is 1180. The maximum absolute atomic E-state index is 13.8. The second-order valence-electron chi connectivity index (χ2n) is 9.36. The lowest BCUT2D eigenvalue weighted by molar-refractivity contribution is -0.137. The van der Waals surface area contributed by atoms with Crippen molar-refractivity contribution in [3.05, 3.63) is 95.3 Å². The number of aliphatic carboxylic acids is 1. The number of carboxylic acid groups (broad SMARTS) is 1. The summed E-state index contributed by atoms with van der Waals surface area (Å²) in [6.45, 7) is 2.24. The molecule has 0 radical (unpaired) electrons. The molecule has 2 aromatic carbocycles. The topological polar surface area (TPSA) is 94.0 Å². The minimum absolute atomic E-state index is 0.112. The summed E-state index contributed by atoms with van der Waals surface area (Å²) in [5, 5.41) is 15.6. The maximum Gasteiger partial charge on any atom is 0.305 e. The van der Waals surface area contributed by atoms with Crippen molar-refractivity contribution in [1.29, 1.82) is 0 Å². The molecule has 2 aliphatic rings. The van der Waals surface area contributed by atoms with Crippen LogP contribution in [0.3, 0.4) is 0 Å². The Labute approximate surface area is 216 Å². The van der Waals surface area contributed by atoms with E-state index in [1.807, 2.05) is 18.2 Å². The molecule has 0 fully saturated rings. The van der Waals surface area contributed by atoms with Crippen LogP contribution in [-0.4, -0.2) is 59.9 Å². The predicted octanol–water partition coefficient (Wildman–Crippen LogP) is 3.65. The molecule has 0 aromatic heterocycles. The highest BCUT2D eigenvalue weighted by Gasteiger charge is 2.22. The molecular weight excluding hydrogens is 471 g/mol. The summed E-state index contributed by atoms with van der Waals surface area (Å²) >= 11 is 0. The lowest BCUT2D eigenvalue weighted by Crippen LogP contribution is -2.44. The molecule has 8 heteroatoms. The van der Waals surface area contributed by atoms with Crippen molar-refractivity contribution >= 4 is 17.7 Å². The largest absolute Gasteiger partial charge is 0.481 e. The minimum Gasteiger partial charge on any atom is -0.481 e. The van der Waals surface area contributed by atoms with E-state index in [1.54, 1.807) is 6.07 Å². The van der Waals surface area contributed by atoms with Crippen LogP contribution in [0.25, 0.3) is 0 Å². The molecule has 2 atom stereocenters. The summed E-state index contributed by atoms with van der Waals surface area (Å²) in [6, 6.07) is 15.1. The van der Waals surface area contributed by atoms with Crippen LogP contribution in [0.5, 0.6) is 0 Å². The van der Waals surface area contributed by atoms with E-state index in [9.17, 15) is 19.1 Å². The van der Waals surface area contributed by atoms with Crippen molar-refractivity contribution < 1.29 is 19.1 Å². The SMILES string of the molecule is O=C(O)CC(NC(=O)CN(CCc1ccccc1)CCC1C=CC2=CCCN=C2N1)c1cccc(F)c1. The zero-order valence-corrected chi connectivity index (χ0v) is 20.8. The van der Waals surface area contributed by atoms with E-state index in [1.165, 1.54) is 23.8 Å². The van der Waals surface area contributed by atoms with Crippen molar-refractivity contribution in [1.82, 2.24) is 15.5 Å². The fourth-order valence-corrected chi connectivity index (χ4v) is 4.59. The number of hydrogen-bond acceptors (Lipinski definition) is 5. The number of aliphatic imine (C=N–C) groups is 1. The number of dihydropyridines is 1. The monoisotopic (exact) mass is 504 g/mol. The van der Waals surface area contributed by atoms with Gasteiger partial charge in [-0.15, -0.1) is 0 Å². The van der Waals surface area contributed by atoms with E-state index >= 15 is 0 Å². The number of hydrogen-bond donors (Lipinski definition) is 3. The van der Waals surface area contributed by atoms with Crippen molar-refractivity contribution in [2.24, 2.45) is 4.99 Å². The molecule has 4 rings (SSSR count). The Morgan fingerprint density at radius 3 is 2.78 bits per heavy atom. The number of halogens is 1. The standard InChI is InChI=1S/C29H33FN4O3/c30-24-10-4-8-23(18-24)26(19-28(36)37)33-27(35)20-34(16-13-21-6-2-1-3-7-21)17-14-25-12-11-22-9-5-15-31-29(22)32-25/h1-4,6-12,18,25-26H,5,13-17,19-20H2,(H,31,32)(H,33,35)(H,36,37). The summed E-state index contributed by atoms with van der Waals surface area (Å²) in [4.78, 5) is 31.1. The normalized spacial score (nSPS) is 17.3. The molecule has 0 aliphatic carbocycles. The van der Waals surface area contributed by atoms with Gasteiger partial charge in [0.2, 0.25) is 5.91 Å². The molecule has 0 saturated carbocycles. The number of nitrogens with zero attached hydrogens (tertiary/aromatic N) is 2. The second kappa shape index (κ2) is 13.0. The second-order valence-corrected chi connectivity index (χ2v) is 9.36. The van der Waals surface area contributed by atoms with E-state index in [-0.39, 0.29) is 24.9 Å². The number of amidine groups is 1. The zero-order chi connectivity index (χ0) is 26.0. The Balaban J connectivity index is 1.40. The van der Waals surface area contributed by atoms with E-state index in [0.717, 1.165) is 37.2 Å². The van der Waals surface area contributed by atoms with E-state index in [2.05, 4.69) is 50.9 Å². The number of carboxylic acids is 1. The molecule has 3 N–H and O–H groups in total. The maximum atomic E-state index is 13.8. The van der Waals surface area contributed by atoms with Crippen LogP contribution in [0.4, 0.5) is 4.39 Å². The van der Waals surface area contributed by atoms with E-state index < -0.39 is 17.8 Å². The van der Waals surface area contributed by atoms with E-state index in [4.69, 9.17) is 0 Å². The summed E-state index contributed by atoms with van der Waals surface area (Å²) in [5.41, 5.74) is 2.74. The lowest BCUT2D eigenvalue weighted by atomic mass is 10.0. The number of carbonyl (C=O) groups is 2. The Morgan fingerprint density at radius 2 is 2.00 bits per heavy atom. The minimum atomic E-state index is -1.07. The molecule has 0 bridgehead atoms. The van der Waals surface area contributed by atoms with Gasteiger partial charge in [-0.3, -0.25) is 19.5 Å². The molecule has 2 heterocycles. The average Bonchev–Trinajstić information content (AvgIpc) is 2.90.